The lowest BCUT2D eigenvalue weighted by molar-refractivity contribution is 0.0690. The lowest BCUT2D eigenvalue weighted by atomic mass is 10.4. The van der Waals surface area contributed by atoms with Crippen molar-refractivity contribution in [3.63, 3.8) is 0 Å². The van der Waals surface area contributed by atoms with Crippen LogP contribution < -0.4 is 0 Å². The van der Waals surface area contributed by atoms with Crippen LogP contribution in [0, 0.1) is 0 Å². The molecule has 2 aromatic rings. The maximum Gasteiger partial charge on any atom is 0.354 e. The number of nitrogens with zero attached hydrogens (tertiary/aromatic N) is 2. The summed E-state index contributed by atoms with van der Waals surface area (Å²) in [6, 6.07) is 6.34. The fourth-order valence-corrected chi connectivity index (χ4v) is 1.58. The Kier molecular flexibility index (Phi) is 6.77. The zero-order valence-corrected chi connectivity index (χ0v) is 13.7. The van der Waals surface area contributed by atoms with Crippen LogP contribution in [0.2, 0.25) is 0 Å². The molecule has 2 heterocycles. The fraction of sp³-hybridized carbons (Fsp3) is 0. The molecule has 0 saturated carbocycles. The second-order valence-corrected chi connectivity index (χ2v) is 5.48. The molecule has 0 atom stereocenters. The number of rotatable bonds is 2. The Hall–Kier alpha value is -1.31. The first-order chi connectivity index (χ1) is 9.40. The lowest BCUT2D eigenvalue weighted by Gasteiger charge is -1.90. The topological polar surface area (TPSA) is 80.2 Å². The molecule has 0 bridgehead atoms. The molecule has 1 N–H and O–H groups in total. The van der Waals surface area contributed by atoms with E-state index in [-0.39, 0.29) is 11.4 Å². The minimum atomic E-state index is -1.01. The van der Waals surface area contributed by atoms with Crippen LogP contribution in [0.15, 0.2) is 45.6 Å². The molecule has 8 heteroatoms. The van der Waals surface area contributed by atoms with Gasteiger partial charge in [0.05, 0.1) is 0 Å². The van der Waals surface area contributed by atoms with Crippen LogP contribution in [0.3, 0.4) is 0 Å². The number of aromatic nitrogens is 2. The van der Waals surface area contributed by atoms with Gasteiger partial charge in [0.25, 0.3) is 5.24 Å². The second-order valence-electron chi connectivity index (χ2n) is 3.30. The van der Waals surface area contributed by atoms with Crippen molar-refractivity contribution in [3.8, 4) is 0 Å². The summed E-state index contributed by atoms with van der Waals surface area (Å²) in [6.45, 7) is 0. The highest BCUT2D eigenvalue weighted by molar-refractivity contribution is 9.10. The lowest BCUT2D eigenvalue weighted by Crippen LogP contribution is -1.98. The number of carbonyl (C=O) groups is 2. The Labute approximate surface area is 136 Å². The second kappa shape index (κ2) is 8.08. The monoisotopic (exact) mass is 420 g/mol. The molecule has 0 spiro atoms. The van der Waals surface area contributed by atoms with E-state index < -0.39 is 11.2 Å². The predicted octanol–water partition coefficient (Wildman–Crippen LogP) is 3.77. The van der Waals surface area contributed by atoms with Crippen molar-refractivity contribution in [1.29, 1.82) is 0 Å². The summed E-state index contributed by atoms with van der Waals surface area (Å²) in [5, 5.41) is 7.86. The summed E-state index contributed by atoms with van der Waals surface area (Å²) in [4.78, 5) is 28.1. The van der Waals surface area contributed by atoms with Crippen molar-refractivity contribution in [2.75, 3.05) is 0 Å². The number of carboxylic acids is 1. The number of hydrogen-bond acceptors (Lipinski definition) is 4. The summed E-state index contributed by atoms with van der Waals surface area (Å²) in [6.07, 6.45) is 2.97. The molecule has 0 aliphatic heterocycles. The maximum absolute atomic E-state index is 10.4. The van der Waals surface area contributed by atoms with Crippen LogP contribution in [0.1, 0.15) is 21.0 Å². The Morgan fingerprint density at radius 2 is 1.40 bits per heavy atom. The van der Waals surface area contributed by atoms with Crippen LogP contribution in [0.25, 0.3) is 0 Å². The maximum atomic E-state index is 10.4. The molecule has 0 amide bonds. The first-order valence-corrected chi connectivity index (χ1v) is 7.03. The number of aromatic carboxylic acids is 1. The fourth-order valence-electron chi connectivity index (χ4n) is 0.994. The summed E-state index contributed by atoms with van der Waals surface area (Å²) in [5.41, 5.74) is 0.327. The Balaban J connectivity index is 0.000000200. The number of hydrogen-bond donors (Lipinski definition) is 1. The molecule has 20 heavy (non-hydrogen) atoms. The molecule has 0 saturated heterocycles. The van der Waals surface area contributed by atoms with Gasteiger partial charge in [-0.1, -0.05) is 0 Å². The summed E-state index contributed by atoms with van der Waals surface area (Å²) < 4.78 is 1.60. The third kappa shape index (κ3) is 5.77. The van der Waals surface area contributed by atoms with E-state index in [9.17, 15) is 9.59 Å². The molecule has 2 aromatic heterocycles. The van der Waals surface area contributed by atoms with Gasteiger partial charge >= 0.3 is 5.97 Å². The van der Waals surface area contributed by atoms with Gasteiger partial charge in [0, 0.05) is 21.3 Å². The van der Waals surface area contributed by atoms with Crippen molar-refractivity contribution in [2.45, 2.75) is 0 Å². The van der Waals surface area contributed by atoms with Crippen molar-refractivity contribution in [2.24, 2.45) is 0 Å². The van der Waals surface area contributed by atoms with E-state index in [1.54, 1.807) is 18.2 Å². The van der Waals surface area contributed by atoms with Crippen LogP contribution in [-0.4, -0.2) is 26.3 Å². The Morgan fingerprint density at radius 1 is 0.950 bits per heavy atom. The third-order valence-electron chi connectivity index (χ3n) is 1.88. The average Bonchev–Trinajstić information content (AvgIpc) is 2.40. The molecule has 0 aliphatic carbocycles. The predicted molar refractivity (Wildman–Crippen MR) is 81.0 cm³/mol. The van der Waals surface area contributed by atoms with Gasteiger partial charge in [0.15, 0.2) is 0 Å². The van der Waals surface area contributed by atoms with Crippen LogP contribution >= 0.6 is 43.5 Å². The minimum absolute atomic E-state index is 0.0585. The van der Waals surface area contributed by atoms with E-state index in [2.05, 4.69) is 41.8 Å². The highest BCUT2D eigenvalue weighted by atomic mass is 79.9. The van der Waals surface area contributed by atoms with Crippen molar-refractivity contribution in [3.05, 3.63) is 57.0 Å². The molecule has 0 radical (unpaired) electrons. The standard InChI is InChI=1S/C6H3BrClNO.C6H4BrNO2/c7-4-1-2-5(6(8)10)9-3-4;7-4-1-2-5(6(9)10)8-3-4/h1-3H;1-3H,(H,9,10). The number of halogens is 3. The molecular weight excluding hydrogens is 415 g/mol. The van der Waals surface area contributed by atoms with Crippen LogP contribution in [0.5, 0.6) is 0 Å². The number of pyridine rings is 2. The molecule has 5 nitrogen and oxygen atoms in total. The van der Waals surface area contributed by atoms with E-state index in [0.717, 1.165) is 8.95 Å². The van der Waals surface area contributed by atoms with Gasteiger partial charge in [-0.05, 0) is 67.7 Å². The first kappa shape index (κ1) is 16.7. The average molecular weight is 422 g/mol. The zero-order valence-electron chi connectivity index (χ0n) is 9.76. The van der Waals surface area contributed by atoms with Crippen molar-refractivity contribution in [1.82, 2.24) is 9.97 Å². The highest BCUT2D eigenvalue weighted by Gasteiger charge is 2.01. The third-order valence-corrected chi connectivity index (χ3v) is 3.01. The van der Waals surface area contributed by atoms with E-state index in [4.69, 9.17) is 16.7 Å². The quantitative estimate of drug-likeness (QED) is 0.746. The zero-order chi connectivity index (χ0) is 15.1. The molecular formula is C12H7Br2ClN2O3. The summed E-state index contributed by atoms with van der Waals surface area (Å²) in [7, 11) is 0. The summed E-state index contributed by atoms with van der Waals surface area (Å²) in [5.74, 6) is -1.01. The van der Waals surface area contributed by atoms with Crippen LogP contribution in [-0.2, 0) is 0 Å². The molecule has 0 unspecified atom stereocenters. The van der Waals surface area contributed by atoms with Gasteiger partial charge in [-0.2, -0.15) is 0 Å². The minimum Gasteiger partial charge on any atom is -0.477 e. The SMILES string of the molecule is O=C(Cl)c1ccc(Br)cn1.O=C(O)c1ccc(Br)cn1. The van der Waals surface area contributed by atoms with Crippen molar-refractivity contribution >= 4 is 54.7 Å². The van der Waals surface area contributed by atoms with Crippen molar-refractivity contribution < 1.29 is 14.7 Å². The smallest absolute Gasteiger partial charge is 0.354 e. The normalized spacial score (nSPS) is 9.35. The van der Waals surface area contributed by atoms with Crippen LogP contribution in [0.4, 0.5) is 0 Å². The first-order valence-electron chi connectivity index (χ1n) is 5.06. The molecule has 2 rings (SSSR count). The largest absolute Gasteiger partial charge is 0.477 e. The van der Waals surface area contributed by atoms with E-state index in [1.165, 1.54) is 18.5 Å². The number of carbonyl (C=O) groups excluding carboxylic acids is 1. The van der Waals surface area contributed by atoms with Gasteiger partial charge in [0.2, 0.25) is 0 Å². The number of carboxylic acid groups (broad SMARTS) is 1. The van der Waals surface area contributed by atoms with E-state index in [0.29, 0.717) is 0 Å². The molecule has 104 valence electrons. The van der Waals surface area contributed by atoms with Gasteiger partial charge in [-0.3, -0.25) is 9.78 Å². The Morgan fingerprint density at radius 3 is 1.70 bits per heavy atom. The van der Waals surface area contributed by atoms with Gasteiger partial charge in [-0.15, -0.1) is 0 Å². The highest BCUT2D eigenvalue weighted by Crippen LogP contribution is 2.08. The summed E-state index contributed by atoms with van der Waals surface area (Å²) >= 11 is 11.5. The van der Waals surface area contributed by atoms with Gasteiger partial charge < -0.3 is 5.11 Å². The molecule has 0 fully saturated rings. The molecule has 0 aromatic carbocycles. The van der Waals surface area contributed by atoms with E-state index in [1.807, 2.05) is 0 Å². The Bertz CT molecular complexity index is 548. The van der Waals surface area contributed by atoms with E-state index >= 15 is 0 Å². The molecule has 0 aliphatic rings. The van der Waals surface area contributed by atoms with Gasteiger partial charge in [0.1, 0.15) is 11.4 Å². The van der Waals surface area contributed by atoms with Gasteiger partial charge in [-0.25, -0.2) is 9.78 Å².